The van der Waals surface area contributed by atoms with Gasteiger partial charge in [-0.3, -0.25) is 0 Å². The van der Waals surface area contributed by atoms with Gasteiger partial charge < -0.3 is 10.3 Å². The van der Waals surface area contributed by atoms with Crippen LogP contribution in [0.15, 0.2) is 41.1 Å². The molecule has 1 aromatic carbocycles. The minimum Gasteiger partial charge on any atom is -0.350 e. The molecule has 0 saturated carbocycles. The van der Waals surface area contributed by atoms with Gasteiger partial charge in [0.25, 0.3) is 0 Å². The first kappa shape index (κ1) is 13.3. The van der Waals surface area contributed by atoms with E-state index in [1.807, 2.05) is 29.1 Å². The van der Waals surface area contributed by atoms with E-state index in [0.29, 0.717) is 6.54 Å². The van der Waals surface area contributed by atoms with Crippen LogP contribution in [0, 0.1) is 5.82 Å². The van der Waals surface area contributed by atoms with E-state index in [1.54, 1.807) is 6.07 Å². The Morgan fingerprint density at radius 1 is 1.39 bits per heavy atom. The zero-order chi connectivity index (χ0) is 13.1. The molecular formula is C14H16BrFN2. The lowest BCUT2D eigenvalue weighted by molar-refractivity contribution is 0.622. The standard InChI is InChI=1S/C14H16BrFN2/c1-2-14(17)11-3-4-18(9-11)8-10-5-12(15)7-13(16)6-10/h3-7,9,14H,2,8,17H2,1H3. The summed E-state index contributed by atoms with van der Waals surface area (Å²) in [6, 6.07) is 7.01. The molecule has 0 spiro atoms. The molecule has 0 saturated heterocycles. The van der Waals surface area contributed by atoms with E-state index < -0.39 is 0 Å². The highest BCUT2D eigenvalue weighted by Gasteiger charge is 2.06. The van der Waals surface area contributed by atoms with Gasteiger partial charge in [-0.2, -0.15) is 0 Å². The van der Waals surface area contributed by atoms with Gasteiger partial charge in [-0.05, 0) is 41.8 Å². The van der Waals surface area contributed by atoms with Crippen molar-refractivity contribution in [1.82, 2.24) is 4.57 Å². The minimum atomic E-state index is -0.225. The fourth-order valence-corrected chi connectivity index (χ4v) is 2.44. The summed E-state index contributed by atoms with van der Waals surface area (Å²) in [6.07, 6.45) is 4.91. The number of nitrogens with two attached hydrogens (primary N) is 1. The molecule has 0 fully saturated rings. The Kier molecular flexibility index (Phi) is 4.19. The first-order chi connectivity index (χ1) is 8.58. The number of nitrogens with zero attached hydrogens (tertiary/aromatic N) is 1. The molecule has 0 amide bonds. The fraction of sp³-hybridized carbons (Fsp3) is 0.286. The van der Waals surface area contributed by atoms with Crippen LogP contribution in [0.3, 0.4) is 0 Å². The minimum absolute atomic E-state index is 0.0745. The van der Waals surface area contributed by atoms with Crippen molar-refractivity contribution < 1.29 is 4.39 Å². The van der Waals surface area contributed by atoms with Gasteiger partial charge in [-0.1, -0.05) is 22.9 Å². The zero-order valence-corrected chi connectivity index (χ0v) is 11.8. The van der Waals surface area contributed by atoms with Crippen LogP contribution in [0.2, 0.25) is 0 Å². The lowest BCUT2D eigenvalue weighted by Gasteiger charge is -2.06. The third kappa shape index (κ3) is 3.21. The summed E-state index contributed by atoms with van der Waals surface area (Å²) in [5, 5.41) is 0. The Bertz CT molecular complexity index is 516. The van der Waals surface area contributed by atoms with E-state index in [9.17, 15) is 4.39 Å². The van der Waals surface area contributed by atoms with Crippen LogP contribution < -0.4 is 5.73 Å². The number of benzene rings is 1. The molecule has 1 aromatic heterocycles. The summed E-state index contributed by atoms with van der Waals surface area (Å²) in [5.74, 6) is -0.225. The molecular weight excluding hydrogens is 295 g/mol. The number of hydrogen-bond acceptors (Lipinski definition) is 1. The smallest absolute Gasteiger partial charge is 0.124 e. The third-order valence-corrected chi connectivity index (χ3v) is 3.39. The summed E-state index contributed by atoms with van der Waals surface area (Å²) >= 11 is 3.30. The Hall–Kier alpha value is -1.13. The van der Waals surface area contributed by atoms with Crippen molar-refractivity contribution in [2.24, 2.45) is 5.73 Å². The Balaban J connectivity index is 2.16. The number of rotatable bonds is 4. The number of halogens is 2. The first-order valence-electron chi connectivity index (χ1n) is 5.94. The molecule has 96 valence electrons. The van der Waals surface area contributed by atoms with Crippen LogP contribution in [-0.4, -0.2) is 4.57 Å². The molecule has 2 N–H and O–H groups in total. The van der Waals surface area contributed by atoms with E-state index in [4.69, 9.17) is 5.73 Å². The van der Waals surface area contributed by atoms with Gasteiger partial charge in [0, 0.05) is 29.5 Å². The van der Waals surface area contributed by atoms with Crippen molar-refractivity contribution >= 4 is 15.9 Å². The fourth-order valence-electron chi connectivity index (χ4n) is 1.93. The molecule has 1 unspecified atom stereocenters. The van der Waals surface area contributed by atoms with Gasteiger partial charge in [0.1, 0.15) is 5.82 Å². The second-order valence-electron chi connectivity index (χ2n) is 4.41. The van der Waals surface area contributed by atoms with Crippen LogP contribution in [-0.2, 0) is 6.54 Å². The zero-order valence-electron chi connectivity index (χ0n) is 10.2. The average molecular weight is 311 g/mol. The molecule has 1 heterocycles. The van der Waals surface area contributed by atoms with E-state index in [1.165, 1.54) is 6.07 Å². The van der Waals surface area contributed by atoms with Crippen molar-refractivity contribution in [1.29, 1.82) is 0 Å². The van der Waals surface area contributed by atoms with Crippen LogP contribution in [0.1, 0.15) is 30.5 Å². The van der Waals surface area contributed by atoms with E-state index in [0.717, 1.165) is 22.0 Å². The van der Waals surface area contributed by atoms with E-state index in [2.05, 4.69) is 22.9 Å². The molecule has 2 nitrogen and oxygen atoms in total. The van der Waals surface area contributed by atoms with Gasteiger partial charge in [0.15, 0.2) is 0 Å². The SMILES string of the molecule is CCC(N)c1ccn(Cc2cc(F)cc(Br)c2)c1. The molecule has 2 rings (SSSR count). The number of hydrogen-bond donors (Lipinski definition) is 1. The maximum absolute atomic E-state index is 13.3. The third-order valence-electron chi connectivity index (χ3n) is 2.93. The van der Waals surface area contributed by atoms with Gasteiger partial charge in [0.05, 0.1) is 0 Å². The van der Waals surface area contributed by atoms with Crippen LogP contribution in [0.25, 0.3) is 0 Å². The van der Waals surface area contributed by atoms with Gasteiger partial charge in [0.2, 0.25) is 0 Å². The Morgan fingerprint density at radius 2 is 2.17 bits per heavy atom. The molecule has 2 aromatic rings. The lowest BCUT2D eigenvalue weighted by Crippen LogP contribution is -2.07. The Morgan fingerprint density at radius 3 is 2.83 bits per heavy atom. The van der Waals surface area contributed by atoms with Crippen molar-refractivity contribution in [3.05, 3.63) is 58.1 Å². The van der Waals surface area contributed by atoms with Crippen molar-refractivity contribution in [3.63, 3.8) is 0 Å². The lowest BCUT2D eigenvalue weighted by atomic mass is 10.1. The molecule has 0 bridgehead atoms. The topological polar surface area (TPSA) is 30.9 Å². The quantitative estimate of drug-likeness (QED) is 0.913. The maximum Gasteiger partial charge on any atom is 0.124 e. The molecule has 4 heteroatoms. The van der Waals surface area contributed by atoms with E-state index >= 15 is 0 Å². The highest BCUT2D eigenvalue weighted by atomic mass is 79.9. The maximum atomic E-state index is 13.3. The molecule has 18 heavy (non-hydrogen) atoms. The molecule has 1 atom stereocenters. The van der Waals surface area contributed by atoms with Crippen LogP contribution in [0.5, 0.6) is 0 Å². The Labute approximate surface area is 115 Å². The molecule has 0 aliphatic heterocycles. The van der Waals surface area contributed by atoms with Gasteiger partial charge in [-0.25, -0.2) is 4.39 Å². The van der Waals surface area contributed by atoms with Gasteiger partial charge >= 0.3 is 0 Å². The average Bonchev–Trinajstić information content (AvgIpc) is 2.75. The normalized spacial score (nSPS) is 12.7. The summed E-state index contributed by atoms with van der Waals surface area (Å²) in [5.41, 5.74) is 8.01. The summed E-state index contributed by atoms with van der Waals surface area (Å²) in [4.78, 5) is 0. The number of aromatic nitrogens is 1. The second kappa shape index (κ2) is 5.67. The summed E-state index contributed by atoms with van der Waals surface area (Å²) < 4.78 is 16.0. The van der Waals surface area contributed by atoms with Gasteiger partial charge in [-0.15, -0.1) is 0 Å². The first-order valence-corrected chi connectivity index (χ1v) is 6.74. The predicted molar refractivity (Wildman–Crippen MR) is 74.9 cm³/mol. The largest absolute Gasteiger partial charge is 0.350 e. The van der Waals surface area contributed by atoms with E-state index in [-0.39, 0.29) is 11.9 Å². The monoisotopic (exact) mass is 310 g/mol. The van der Waals surface area contributed by atoms with Crippen LogP contribution in [0.4, 0.5) is 4.39 Å². The van der Waals surface area contributed by atoms with Crippen molar-refractivity contribution in [2.45, 2.75) is 25.9 Å². The summed E-state index contributed by atoms with van der Waals surface area (Å²) in [6.45, 7) is 2.71. The molecule has 0 aliphatic carbocycles. The predicted octanol–water partition coefficient (Wildman–Crippen LogP) is 3.85. The van der Waals surface area contributed by atoms with Crippen molar-refractivity contribution in [2.75, 3.05) is 0 Å². The molecule has 0 aliphatic rings. The van der Waals surface area contributed by atoms with Crippen LogP contribution >= 0.6 is 15.9 Å². The molecule has 0 radical (unpaired) electrons. The summed E-state index contributed by atoms with van der Waals surface area (Å²) in [7, 11) is 0. The highest BCUT2D eigenvalue weighted by Crippen LogP contribution is 2.18. The second-order valence-corrected chi connectivity index (χ2v) is 5.33. The van der Waals surface area contributed by atoms with Crippen molar-refractivity contribution in [3.8, 4) is 0 Å². The highest BCUT2D eigenvalue weighted by molar-refractivity contribution is 9.10.